The molecular weight excluding hydrogens is 489 g/mol. The first-order valence-electron chi connectivity index (χ1n) is 12.2. The summed E-state index contributed by atoms with van der Waals surface area (Å²) in [5.74, 6) is -0.268. The molecule has 1 heterocycles. The number of nitrogens with zero attached hydrogens (tertiary/aromatic N) is 3. The summed E-state index contributed by atoms with van der Waals surface area (Å²) in [4.78, 5) is 28.2. The zero-order chi connectivity index (χ0) is 27.1. The van der Waals surface area contributed by atoms with Gasteiger partial charge in [0.1, 0.15) is 23.9 Å². The van der Waals surface area contributed by atoms with Gasteiger partial charge >= 0.3 is 0 Å². The first-order chi connectivity index (χ1) is 18.4. The van der Waals surface area contributed by atoms with Gasteiger partial charge in [0.15, 0.2) is 0 Å². The van der Waals surface area contributed by atoms with Crippen molar-refractivity contribution in [1.29, 1.82) is 0 Å². The van der Waals surface area contributed by atoms with E-state index in [1.807, 2.05) is 48.5 Å². The SMILES string of the molecule is COCCN(CC(=O)N1N=C(c2cccc(OC)c2)C[C@@H]1c1ccc(OC)cc1)C(=O)c1ccccc1F. The Morgan fingerprint density at radius 3 is 2.39 bits per heavy atom. The summed E-state index contributed by atoms with van der Waals surface area (Å²) in [5.41, 5.74) is 2.30. The lowest BCUT2D eigenvalue weighted by atomic mass is 9.98. The molecule has 198 valence electrons. The highest BCUT2D eigenvalue weighted by Gasteiger charge is 2.35. The van der Waals surface area contributed by atoms with Gasteiger partial charge in [-0.3, -0.25) is 9.59 Å². The number of ether oxygens (including phenoxy) is 3. The molecule has 0 radical (unpaired) electrons. The second kappa shape index (κ2) is 12.3. The van der Waals surface area contributed by atoms with E-state index in [0.717, 1.165) is 11.1 Å². The van der Waals surface area contributed by atoms with Crippen LogP contribution in [0.5, 0.6) is 11.5 Å². The number of benzene rings is 3. The van der Waals surface area contributed by atoms with E-state index in [4.69, 9.17) is 14.2 Å². The summed E-state index contributed by atoms with van der Waals surface area (Å²) in [6.07, 6.45) is 0.463. The zero-order valence-corrected chi connectivity index (χ0v) is 21.6. The zero-order valence-electron chi connectivity index (χ0n) is 21.6. The van der Waals surface area contributed by atoms with Crippen LogP contribution in [0.1, 0.15) is 33.9 Å². The lowest BCUT2D eigenvalue weighted by Crippen LogP contribution is -2.43. The normalized spacial score (nSPS) is 14.7. The monoisotopic (exact) mass is 519 g/mol. The van der Waals surface area contributed by atoms with Crippen molar-refractivity contribution in [2.45, 2.75) is 12.5 Å². The Morgan fingerprint density at radius 1 is 0.974 bits per heavy atom. The molecule has 1 aliphatic heterocycles. The summed E-state index contributed by atoms with van der Waals surface area (Å²) in [5, 5.41) is 6.10. The van der Waals surface area contributed by atoms with Gasteiger partial charge in [-0.1, -0.05) is 36.4 Å². The molecule has 0 unspecified atom stereocenters. The summed E-state index contributed by atoms with van der Waals surface area (Å²) in [6, 6.07) is 20.2. The number of amides is 2. The predicted molar refractivity (Wildman–Crippen MR) is 141 cm³/mol. The molecule has 4 rings (SSSR count). The van der Waals surface area contributed by atoms with Crippen LogP contribution >= 0.6 is 0 Å². The Balaban J connectivity index is 1.65. The molecule has 0 aliphatic carbocycles. The molecule has 0 bridgehead atoms. The van der Waals surface area contributed by atoms with E-state index in [1.54, 1.807) is 20.3 Å². The maximum atomic E-state index is 14.4. The molecule has 38 heavy (non-hydrogen) atoms. The standard InChI is InChI=1S/C29H30FN3O5/c1-36-16-15-32(29(35)24-9-4-5-10-25(24)30)19-28(34)33-27(20-11-13-22(37-2)14-12-20)18-26(31-33)21-7-6-8-23(17-21)38-3/h4-14,17,27H,15-16,18-19H2,1-3H3/t27-/m1/s1. The highest BCUT2D eigenvalue weighted by molar-refractivity contribution is 6.04. The van der Waals surface area contributed by atoms with Crippen molar-refractivity contribution in [3.8, 4) is 11.5 Å². The van der Waals surface area contributed by atoms with Crippen LogP contribution in [0.2, 0.25) is 0 Å². The fraction of sp³-hybridized carbons (Fsp3) is 0.276. The largest absolute Gasteiger partial charge is 0.497 e. The quantitative estimate of drug-likeness (QED) is 0.399. The lowest BCUT2D eigenvalue weighted by molar-refractivity contribution is -0.133. The first kappa shape index (κ1) is 26.8. The molecule has 0 fully saturated rings. The third-order valence-corrected chi connectivity index (χ3v) is 6.35. The molecule has 3 aromatic carbocycles. The Hall–Kier alpha value is -4.24. The van der Waals surface area contributed by atoms with Gasteiger partial charge in [0.2, 0.25) is 0 Å². The molecule has 0 saturated heterocycles. The first-order valence-corrected chi connectivity index (χ1v) is 12.2. The van der Waals surface area contributed by atoms with Crippen LogP contribution in [0.3, 0.4) is 0 Å². The second-order valence-electron chi connectivity index (χ2n) is 8.71. The number of rotatable bonds is 10. The number of halogens is 1. The molecule has 0 aromatic heterocycles. The molecule has 0 saturated carbocycles. The van der Waals surface area contributed by atoms with Gasteiger partial charge in [-0.25, -0.2) is 9.40 Å². The van der Waals surface area contributed by atoms with Crippen molar-refractivity contribution in [1.82, 2.24) is 9.91 Å². The average molecular weight is 520 g/mol. The van der Waals surface area contributed by atoms with Gasteiger partial charge in [-0.05, 0) is 42.0 Å². The van der Waals surface area contributed by atoms with E-state index in [1.165, 1.54) is 35.2 Å². The van der Waals surface area contributed by atoms with Crippen LogP contribution in [-0.2, 0) is 9.53 Å². The van der Waals surface area contributed by atoms with E-state index in [0.29, 0.717) is 23.6 Å². The van der Waals surface area contributed by atoms with Crippen molar-refractivity contribution in [3.05, 3.63) is 95.3 Å². The minimum Gasteiger partial charge on any atom is -0.497 e. The fourth-order valence-electron chi connectivity index (χ4n) is 4.30. The third kappa shape index (κ3) is 6.00. The molecule has 8 nitrogen and oxygen atoms in total. The molecule has 0 N–H and O–H groups in total. The maximum Gasteiger partial charge on any atom is 0.262 e. The molecular formula is C29H30FN3O5. The number of methoxy groups -OCH3 is 3. The molecule has 1 atom stereocenters. The molecule has 1 aliphatic rings. The van der Waals surface area contributed by atoms with Gasteiger partial charge in [0.25, 0.3) is 11.8 Å². The lowest BCUT2D eigenvalue weighted by Gasteiger charge is -2.27. The third-order valence-electron chi connectivity index (χ3n) is 6.35. The molecule has 3 aromatic rings. The van der Waals surface area contributed by atoms with Crippen LogP contribution < -0.4 is 9.47 Å². The van der Waals surface area contributed by atoms with Crippen molar-refractivity contribution in [3.63, 3.8) is 0 Å². The number of carbonyl (C=O) groups is 2. The van der Waals surface area contributed by atoms with Crippen LogP contribution in [0, 0.1) is 5.82 Å². The van der Waals surface area contributed by atoms with Crippen molar-refractivity contribution in [2.75, 3.05) is 41.0 Å². The Bertz CT molecular complexity index is 1310. The second-order valence-corrected chi connectivity index (χ2v) is 8.71. The summed E-state index contributed by atoms with van der Waals surface area (Å²) >= 11 is 0. The van der Waals surface area contributed by atoms with Crippen molar-refractivity contribution in [2.24, 2.45) is 5.10 Å². The van der Waals surface area contributed by atoms with Crippen molar-refractivity contribution >= 4 is 17.5 Å². The van der Waals surface area contributed by atoms with E-state index < -0.39 is 23.7 Å². The number of carbonyl (C=O) groups excluding carboxylic acids is 2. The summed E-state index contributed by atoms with van der Waals surface area (Å²) in [6.45, 7) is 0.00862. The Labute approximate surface area is 221 Å². The van der Waals surface area contributed by atoms with E-state index in [2.05, 4.69) is 5.10 Å². The highest BCUT2D eigenvalue weighted by Crippen LogP contribution is 2.34. The van der Waals surface area contributed by atoms with Gasteiger partial charge in [0, 0.05) is 25.6 Å². The molecule has 2 amide bonds. The minimum atomic E-state index is -0.650. The van der Waals surface area contributed by atoms with Gasteiger partial charge in [0.05, 0.1) is 38.1 Å². The van der Waals surface area contributed by atoms with E-state index in [9.17, 15) is 14.0 Å². The van der Waals surface area contributed by atoms with E-state index in [-0.39, 0.29) is 25.3 Å². The highest BCUT2D eigenvalue weighted by atomic mass is 19.1. The maximum absolute atomic E-state index is 14.4. The fourth-order valence-corrected chi connectivity index (χ4v) is 4.30. The van der Waals surface area contributed by atoms with Crippen molar-refractivity contribution < 1.29 is 28.2 Å². The predicted octanol–water partition coefficient (Wildman–Crippen LogP) is 4.31. The average Bonchev–Trinajstić information content (AvgIpc) is 3.41. The number of hydrogen-bond donors (Lipinski definition) is 0. The number of hydrazone groups is 1. The molecule has 0 spiro atoms. The van der Waals surface area contributed by atoms with Gasteiger partial charge < -0.3 is 19.1 Å². The van der Waals surface area contributed by atoms with Crippen LogP contribution in [0.15, 0.2) is 77.9 Å². The van der Waals surface area contributed by atoms with Crippen LogP contribution in [0.4, 0.5) is 4.39 Å². The van der Waals surface area contributed by atoms with Crippen LogP contribution in [0.25, 0.3) is 0 Å². The Morgan fingerprint density at radius 2 is 1.71 bits per heavy atom. The molecule has 9 heteroatoms. The van der Waals surface area contributed by atoms with E-state index >= 15 is 0 Å². The topological polar surface area (TPSA) is 80.7 Å². The number of hydrogen-bond acceptors (Lipinski definition) is 6. The summed E-state index contributed by atoms with van der Waals surface area (Å²) < 4.78 is 30.2. The summed E-state index contributed by atoms with van der Waals surface area (Å²) in [7, 11) is 4.68. The van der Waals surface area contributed by atoms with Crippen LogP contribution in [-0.4, -0.2) is 68.5 Å². The van der Waals surface area contributed by atoms with Gasteiger partial charge in [-0.2, -0.15) is 5.10 Å². The van der Waals surface area contributed by atoms with Gasteiger partial charge in [-0.15, -0.1) is 0 Å². The smallest absolute Gasteiger partial charge is 0.262 e. The Kier molecular flexibility index (Phi) is 8.70. The minimum absolute atomic E-state index is 0.106.